The molecule has 2 heterocycles. The van der Waals surface area contributed by atoms with Crippen LogP contribution in [0.15, 0.2) is 29.2 Å². The third-order valence-electron chi connectivity index (χ3n) is 4.46. The molecular weight excluding hydrogens is 389 g/mol. The van der Waals surface area contributed by atoms with Gasteiger partial charge in [0.25, 0.3) is 0 Å². The van der Waals surface area contributed by atoms with Gasteiger partial charge in [-0.05, 0) is 25.0 Å². The molecular formula is C16H19F3N2O5S. The van der Waals surface area contributed by atoms with Crippen molar-refractivity contribution in [2.75, 3.05) is 32.8 Å². The van der Waals surface area contributed by atoms with Gasteiger partial charge >= 0.3 is 6.36 Å². The highest BCUT2D eigenvalue weighted by molar-refractivity contribution is 7.89. The van der Waals surface area contributed by atoms with Crippen LogP contribution in [0, 0.1) is 0 Å². The van der Waals surface area contributed by atoms with Gasteiger partial charge in [0.15, 0.2) is 0 Å². The van der Waals surface area contributed by atoms with Gasteiger partial charge in [-0.15, -0.1) is 13.2 Å². The quantitative estimate of drug-likeness (QED) is 0.757. The molecule has 2 fully saturated rings. The number of sulfonamides is 1. The number of nitrogens with zero attached hydrogens (tertiary/aromatic N) is 2. The summed E-state index contributed by atoms with van der Waals surface area (Å²) >= 11 is 0. The standard InChI is InChI=1S/C16H19F3N2O5S/c17-16(18,19)26-12-3-1-4-13(11-12)27(23,24)21-6-2-5-14(21)15(22)20-7-9-25-10-8-20/h1,3-4,11,14H,2,5-10H2. The van der Waals surface area contributed by atoms with Crippen LogP contribution in [0.2, 0.25) is 0 Å². The molecule has 0 saturated carbocycles. The fourth-order valence-electron chi connectivity index (χ4n) is 3.24. The van der Waals surface area contributed by atoms with E-state index in [-0.39, 0.29) is 17.3 Å². The third-order valence-corrected chi connectivity index (χ3v) is 6.36. The molecule has 0 aromatic heterocycles. The smallest absolute Gasteiger partial charge is 0.406 e. The van der Waals surface area contributed by atoms with Crippen molar-refractivity contribution in [3.05, 3.63) is 24.3 Å². The van der Waals surface area contributed by atoms with Crippen molar-refractivity contribution in [2.24, 2.45) is 0 Å². The third kappa shape index (κ3) is 4.53. The summed E-state index contributed by atoms with van der Waals surface area (Å²) in [5, 5.41) is 0. The van der Waals surface area contributed by atoms with Crippen molar-refractivity contribution in [2.45, 2.75) is 30.1 Å². The molecule has 27 heavy (non-hydrogen) atoms. The minimum Gasteiger partial charge on any atom is -0.406 e. The van der Waals surface area contributed by atoms with Gasteiger partial charge in [0.2, 0.25) is 15.9 Å². The van der Waals surface area contributed by atoms with E-state index in [1.807, 2.05) is 0 Å². The Bertz CT molecular complexity index is 793. The summed E-state index contributed by atoms with van der Waals surface area (Å²) < 4.78 is 73.2. The van der Waals surface area contributed by atoms with Crippen LogP contribution in [-0.4, -0.2) is 68.8 Å². The van der Waals surface area contributed by atoms with Gasteiger partial charge in [0.1, 0.15) is 11.8 Å². The largest absolute Gasteiger partial charge is 0.573 e. The molecule has 150 valence electrons. The molecule has 1 aromatic carbocycles. The highest BCUT2D eigenvalue weighted by Crippen LogP contribution is 2.30. The molecule has 1 unspecified atom stereocenters. The first-order valence-electron chi connectivity index (χ1n) is 8.43. The number of hydrogen-bond donors (Lipinski definition) is 0. The van der Waals surface area contributed by atoms with E-state index in [9.17, 15) is 26.4 Å². The average Bonchev–Trinajstić information content (AvgIpc) is 3.11. The lowest BCUT2D eigenvalue weighted by atomic mass is 10.2. The van der Waals surface area contributed by atoms with Gasteiger partial charge in [-0.25, -0.2) is 8.42 Å². The second kappa shape index (κ2) is 7.64. The van der Waals surface area contributed by atoms with Crippen molar-refractivity contribution in [3.8, 4) is 5.75 Å². The van der Waals surface area contributed by atoms with Crippen LogP contribution in [0.5, 0.6) is 5.75 Å². The Morgan fingerprint density at radius 2 is 1.89 bits per heavy atom. The highest BCUT2D eigenvalue weighted by atomic mass is 32.2. The fraction of sp³-hybridized carbons (Fsp3) is 0.562. The Balaban J connectivity index is 1.83. The van der Waals surface area contributed by atoms with Crippen LogP contribution in [0.25, 0.3) is 0 Å². The summed E-state index contributed by atoms with van der Waals surface area (Å²) in [6.07, 6.45) is -4.06. The predicted molar refractivity (Wildman–Crippen MR) is 87.4 cm³/mol. The molecule has 0 aliphatic carbocycles. The molecule has 11 heteroatoms. The van der Waals surface area contributed by atoms with Gasteiger partial charge in [0.05, 0.1) is 18.1 Å². The normalized spacial score (nSPS) is 22.0. The number of halogens is 3. The number of amides is 1. The van der Waals surface area contributed by atoms with E-state index in [1.165, 1.54) is 12.1 Å². The van der Waals surface area contributed by atoms with Gasteiger partial charge in [-0.2, -0.15) is 4.31 Å². The summed E-state index contributed by atoms with van der Waals surface area (Å²) in [5.74, 6) is -0.930. The maximum absolute atomic E-state index is 12.9. The van der Waals surface area contributed by atoms with Crippen LogP contribution in [0.4, 0.5) is 13.2 Å². The molecule has 0 N–H and O–H groups in total. The first-order valence-corrected chi connectivity index (χ1v) is 9.87. The summed E-state index contributed by atoms with van der Waals surface area (Å²) in [6, 6.07) is 3.33. The Morgan fingerprint density at radius 3 is 2.56 bits per heavy atom. The number of hydrogen-bond acceptors (Lipinski definition) is 5. The second-order valence-corrected chi connectivity index (χ2v) is 8.12. The number of alkyl halides is 3. The number of carbonyl (C=O) groups excluding carboxylic acids is 1. The van der Waals surface area contributed by atoms with Crippen molar-refractivity contribution < 1.29 is 35.9 Å². The number of rotatable bonds is 4. The summed E-state index contributed by atoms with van der Waals surface area (Å²) in [7, 11) is -4.14. The first-order chi connectivity index (χ1) is 12.7. The lowest BCUT2D eigenvalue weighted by Gasteiger charge is -2.32. The van der Waals surface area contributed by atoms with E-state index >= 15 is 0 Å². The molecule has 1 atom stereocenters. The zero-order valence-electron chi connectivity index (χ0n) is 14.3. The minimum absolute atomic E-state index is 0.132. The van der Waals surface area contributed by atoms with E-state index < -0.39 is 28.2 Å². The Hall–Kier alpha value is -1.85. The van der Waals surface area contributed by atoms with Gasteiger partial charge in [0, 0.05) is 25.7 Å². The summed E-state index contributed by atoms with van der Waals surface area (Å²) in [4.78, 5) is 14.0. The molecule has 1 aromatic rings. The van der Waals surface area contributed by atoms with Crippen LogP contribution in [0.3, 0.4) is 0 Å². The Morgan fingerprint density at radius 1 is 1.19 bits per heavy atom. The van der Waals surface area contributed by atoms with E-state index in [4.69, 9.17) is 4.74 Å². The lowest BCUT2D eigenvalue weighted by molar-refractivity contribution is -0.274. The van der Waals surface area contributed by atoms with Crippen LogP contribution in [-0.2, 0) is 19.6 Å². The van der Waals surface area contributed by atoms with E-state index in [0.717, 1.165) is 16.4 Å². The van der Waals surface area contributed by atoms with Crippen molar-refractivity contribution in [3.63, 3.8) is 0 Å². The van der Waals surface area contributed by atoms with Gasteiger partial charge in [-0.1, -0.05) is 6.07 Å². The van der Waals surface area contributed by atoms with Crippen molar-refractivity contribution in [1.82, 2.24) is 9.21 Å². The zero-order chi connectivity index (χ0) is 19.7. The highest BCUT2D eigenvalue weighted by Gasteiger charge is 2.41. The number of ether oxygens (including phenoxy) is 2. The molecule has 2 saturated heterocycles. The van der Waals surface area contributed by atoms with Crippen LogP contribution >= 0.6 is 0 Å². The number of morpholine rings is 1. The minimum atomic E-state index is -4.93. The van der Waals surface area contributed by atoms with Gasteiger partial charge < -0.3 is 14.4 Å². The predicted octanol–water partition coefficient (Wildman–Crippen LogP) is 1.60. The molecule has 1 amide bonds. The maximum atomic E-state index is 12.9. The van der Waals surface area contributed by atoms with Crippen molar-refractivity contribution in [1.29, 1.82) is 0 Å². The topological polar surface area (TPSA) is 76.2 Å². The second-order valence-electron chi connectivity index (χ2n) is 6.23. The van der Waals surface area contributed by atoms with Crippen LogP contribution < -0.4 is 4.74 Å². The van der Waals surface area contributed by atoms with Gasteiger partial charge in [-0.3, -0.25) is 4.79 Å². The molecule has 7 nitrogen and oxygen atoms in total. The summed E-state index contributed by atoms with van der Waals surface area (Å²) in [5.41, 5.74) is 0. The molecule has 0 radical (unpaired) electrons. The average molecular weight is 408 g/mol. The van der Waals surface area contributed by atoms with E-state index in [0.29, 0.717) is 39.1 Å². The Kier molecular flexibility index (Phi) is 5.63. The molecule has 2 aliphatic rings. The molecule has 0 bridgehead atoms. The first kappa shape index (κ1) is 19.9. The lowest BCUT2D eigenvalue weighted by Crippen LogP contribution is -2.50. The molecule has 3 rings (SSSR count). The Labute approximate surface area is 154 Å². The maximum Gasteiger partial charge on any atom is 0.573 e. The molecule has 2 aliphatic heterocycles. The molecule has 0 spiro atoms. The SMILES string of the molecule is O=C(C1CCCN1S(=O)(=O)c1cccc(OC(F)(F)F)c1)N1CCOCC1. The number of carbonyl (C=O) groups is 1. The summed E-state index contributed by atoms with van der Waals surface area (Å²) in [6.45, 7) is 1.69. The van der Waals surface area contributed by atoms with E-state index in [2.05, 4.69) is 4.74 Å². The number of benzene rings is 1. The van der Waals surface area contributed by atoms with Crippen LogP contribution in [0.1, 0.15) is 12.8 Å². The fourth-order valence-corrected chi connectivity index (χ4v) is 4.92. The monoisotopic (exact) mass is 408 g/mol. The van der Waals surface area contributed by atoms with Crippen molar-refractivity contribution >= 4 is 15.9 Å². The zero-order valence-corrected chi connectivity index (χ0v) is 15.1. The van der Waals surface area contributed by atoms with E-state index in [1.54, 1.807) is 4.90 Å².